The van der Waals surface area contributed by atoms with Crippen LogP contribution in [0.1, 0.15) is 0 Å². The molecule has 48 valence electrons. The van der Waals surface area contributed by atoms with E-state index in [1.165, 1.54) is 0 Å². The molecule has 0 aromatic carbocycles. The summed E-state index contributed by atoms with van der Waals surface area (Å²) in [5, 5.41) is 18.8. The molecular weight excluding hydrogens is 110 g/mol. The predicted octanol–water partition coefficient (Wildman–Crippen LogP) is -1.91. The van der Waals surface area contributed by atoms with Crippen molar-refractivity contribution in [2.75, 3.05) is 13.1 Å². The number of carbonyl (C=O) groups excluding carboxylic acids is 1. The van der Waals surface area contributed by atoms with Gasteiger partial charge in [-0.1, -0.05) is 0 Å². The van der Waals surface area contributed by atoms with E-state index in [1.807, 2.05) is 0 Å². The zero-order valence-electron chi connectivity index (χ0n) is 4.37. The van der Waals surface area contributed by atoms with Crippen molar-refractivity contribution >= 4 is 6.29 Å². The summed E-state index contributed by atoms with van der Waals surface area (Å²) >= 11 is 0. The van der Waals surface area contributed by atoms with Gasteiger partial charge in [0.1, 0.15) is 6.29 Å². The van der Waals surface area contributed by atoms with Gasteiger partial charge in [-0.05, 0) is 0 Å². The maximum Gasteiger partial charge on any atom is 0.164 e. The Morgan fingerprint density at radius 1 is 1.62 bits per heavy atom. The Hall–Kier alpha value is -0.450. The number of hydrogen-bond donors (Lipinski definition) is 3. The molecule has 0 heterocycles. The third kappa shape index (κ3) is 5.55. The van der Waals surface area contributed by atoms with Crippen LogP contribution in [0.15, 0.2) is 0 Å². The maximum absolute atomic E-state index is 9.56. The van der Waals surface area contributed by atoms with Crippen LogP contribution < -0.4 is 5.32 Å². The molecular formula is C4H9NO3. The van der Waals surface area contributed by atoms with Gasteiger partial charge in [-0.2, -0.15) is 0 Å². The van der Waals surface area contributed by atoms with E-state index in [2.05, 4.69) is 5.32 Å². The van der Waals surface area contributed by atoms with E-state index in [0.29, 0.717) is 6.29 Å². The summed E-state index contributed by atoms with van der Waals surface area (Å²) in [6.45, 7) is 0.205. The molecule has 0 saturated heterocycles. The quantitative estimate of drug-likeness (QED) is 0.229. The van der Waals surface area contributed by atoms with E-state index in [1.54, 1.807) is 0 Å². The minimum absolute atomic E-state index is 0.0404. The van der Waals surface area contributed by atoms with E-state index in [4.69, 9.17) is 10.2 Å². The van der Waals surface area contributed by atoms with Gasteiger partial charge in [-0.15, -0.1) is 0 Å². The minimum Gasteiger partial charge on any atom is -0.367 e. The van der Waals surface area contributed by atoms with Gasteiger partial charge < -0.3 is 20.3 Å². The molecule has 0 spiro atoms. The molecule has 4 heteroatoms. The summed E-state index contributed by atoms with van der Waals surface area (Å²) in [5.74, 6) is 0. The molecule has 0 radical (unpaired) electrons. The molecule has 0 aromatic heterocycles. The summed E-state index contributed by atoms with van der Waals surface area (Å²) < 4.78 is 0. The number of aliphatic hydroxyl groups excluding tert-OH is 1. The summed E-state index contributed by atoms with van der Waals surface area (Å²) in [5.41, 5.74) is 0. The molecule has 8 heavy (non-hydrogen) atoms. The smallest absolute Gasteiger partial charge is 0.164 e. The zero-order valence-corrected chi connectivity index (χ0v) is 4.37. The van der Waals surface area contributed by atoms with Crippen molar-refractivity contribution in [2.24, 2.45) is 0 Å². The van der Waals surface area contributed by atoms with Gasteiger partial charge in [-0.25, -0.2) is 0 Å². The van der Waals surface area contributed by atoms with Gasteiger partial charge in [0.15, 0.2) is 6.29 Å². The molecule has 0 aromatic rings. The zero-order chi connectivity index (χ0) is 6.41. The van der Waals surface area contributed by atoms with Crippen LogP contribution in [0.5, 0.6) is 0 Å². The first kappa shape index (κ1) is 7.55. The van der Waals surface area contributed by atoms with Gasteiger partial charge in [0.2, 0.25) is 0 Å². The molecule has 0 rings (SSSR count). The van der Waals surface area contributed by atoms with Crippen molar-refractivity contribution in [3.63, 3.8) is 0 Å². The van der Waals surface area contributed by atoms with Gasteiger partial charge in [-0.3, -0.25) is 0 Å². The molecule has 0 atom stereocenters. The Labute approximate surface area is 47.1 Å². The van der Waals surface area contributed by atoms with Gasteiger partial charge in [0, 0.05) is 6.54 Å². The monoisotopic (exact) mass is 119 g/mol. The Bertz CT molecular complexity index is 64.3. The van der Waals surface area contributed by atoms with Crippen LogP contribution in [0.2, 0.25) is 0 Å². The van der Waals surface area contributed by atoms with Crippen molar-refractivity contribution in [3.8, 4) is 0 Å². The Balaban J connectivity index is 2.81. The first-order chi connectivity index (χ1) is 3.77. The van der Waals surface area contributed by atoms with Crippen molar-refractivity contribution in [1.82, 2.24) is 5.32 Å². The normalized spacial score (nSPS) is 9.88. The summed E-state index contributed by atoms with van der Waals surface area (Å²) in [6.07, 6.45) is -0.711. The molecule has 4 nitrogen and oxygen atoms in total. The molecule has 0 unspecified atom stereocenters. The van der Waals surface area contributed by atoms with Crippen LogP contribution in [-0.2, 0) is 4.79 Å². The van der Waals surface area contributed by atoms with Gasteiger partial charge in [0.25, 0.3) is 0 Å². The van der Waals surface area contributed by atoms with Gasteiger partial charge >= 0.3 is 0 Å². The number of carbonyl (C=O) groups is 1. The molecule has 0 aliphatic rings. The second kappa shape index (κ2) is 4.70. The van der Waals surface area contributed by atoms with Crippen LogP contribution >= 0.6 is 0 Å². The first-order valence-electron chi connectivity index (χ1n) is 2.28. The lowest BCUT2D eigenvalue weighted by Gasteiger charge is -2.00. The van der Waals surface area contributed by atoms with Crippen LogP contribution in [0, 0.1) is 0 Å². The third-order valence-corrected chi connectivity index (χ3v) is 0.555. The highest BCUT2D eigenvalue weighted by Gasteiger charge is 1.92. The molecule has 0 saturated carbocycles. The average molecular weight is 119 g/mol. The number of aliphatic hydroxyl groups is 2. The highest BCUT2D eigenvalue weighted by Crippen LogP contribution is 1.65. The lowest BCUT2D eigenvalue weighted by molar-refractivity contribution is -0.107. The number of nitrogens with one attached hydrogen (secondary N) is 1. The number of aldehydes is 1. The molecule has 0 aliphatic heterocycles. The fourth-order valence-electron chi connectivity index (χ4n) is 0.271. The van der Waals surface area contributed by atoms with Crippen molar-refractivity contribution in [2.45, 2.75) is 6.29 Å². The number of rotatable bonds is 4. The lowest BCUT2D eigenvalue weighted by Crippen LogP contribution is -2.27. The summed E-state index contributed by atoms with van der Waals surface area (Å²) in [4.78, 5) is 9.56. The lowest BCUT2D eigenvalue weighted by atomic mass is 10.6. The van der Waals surface area contributed by atoms with Crippen LogP contribution in [0.3, 0.4) is 0 Å². The highest BCUT2D eigenvalue weighted by atomic mass is 16.5. The third-order valence-electron chi connectivity index (χ3n) is 0.555. The Kier molecular flexibility index (Phi) is 4.44. The predicted molar refractivity (Wildman–Crippen MR) is 27.2 cm³/mol. The van der Waals surface area contributed by atoms with Crippen molar-refractivity contribution in [3.05, 3.63) is 0 Å². The fourth-order valence-corrected chi connectivity index (χ4v) is 0.271. The summed E-state index contributed by atoms with van der Waals surface area (Å²) in [6, 6.07) is 0. The first-order valence-corrected chi connectivity index (χ1v) is 2.28. The topological polar surface area (TPSA) is 69.6 Å². The average Bonchev–Trinajstić information content (AvgIpc) is 1.66. The van der Waals surface area contributed by atoms with Crippen LogP contribution in [-0.4, -0.2) is 35.9 Å². The second-order valence-corrected chi connectivity index (χ2v) is 1.31. The molecule has 0 aliphatic carbocycles. The maximum atomic E-state index is 9.56. The van der Waals surface area contributed by atoms with E-state index in [9.17, 15) is 4.79 Å². The van der Waals surface area contributed by atoms with Crippen LogP contribution in [0.4, 0.5) is 0 Å². The number of hydrogen-bond acceptors (Lipinski definition) is 4. The molecule has 0 fully saturated rings. The largest absolute Gasteiger partial charge is 0.367 e. The minimum atomic E-state index is -1.37. The van der Waals surface area contributed by atoms with Crippen LogP contribution in [0.25, 0.3) is 0 Å². The molecule has 0 amide bonds. The molecule has 3 N–H and O–H groups in total. The van der Waals surface area contributed by atoms with Gasteiger partial charge in [0.05, 0.1) is 6.54 Å². The molecule has 0 bridgehead atoms. The van der Waals surface area contributed by atoms with E-state index in [-0.39, 0.29) is 13.1 Å². The Morgan fingerprint density at radius 2 is 2.25 bits per heavy atom. The van der Waals surface area contributed by atoms with E-state index >= 15 is 0 Å². The SMILES string of the molecule is O=CCNCC(O)O. The van der Waals surface area contributed by atoms with E-state index in [0.717, 1.165) is 0 Å². The fraction of sp³-hybridized carbons (Fsp3) is 0.750. The summed E-state index contributed by atoms with van der Waals surface area (Å²) in [7, 11) is 0. The highest BCUT2D eigenvalue weighted by molar-refractivity contribution is 5.51. The Morgan fingerprint density at radius 3 is 2.62 bits per heavy atom. The second-order valence-electron chi connectivity index (χ2n) is 1.31. The van der Waals surface area contributed by atoms with Crippen molar-refractivity contribution < 1.29 is 15.0 Å². The standard InChI is InChI=1S/C4H9NO3/c6-2-1-5-3-4(7)8/h2,4-5,7-8H,1,3H2. The van der Waals surface area contributed by atoms with Crippen molar-refractivity contribution in [1.29, 1.82) is 0 Å². The van der Waals surface area contributed by atoms with E-state index < -0.39 is 6.29 Å².